The van der Waals surface area contributed by atoms with E-state index >= 15 is 0 Å². The van der Waals surface area contributed by atoms with E-state index in [2.05, 4.69) is 10.3 Å². The van der Waals surface area contributed by atoms with Crippen LogP contribution in [0.5, 0.6) is 0 Å². The second-order valence-corrected chi connectivity index (χ2v) is 16.0. The fraction of sp³-hybridized carbons (Fsp3) is 0.310. The molecule has 44 heavy (non-hydrogen) atoms. The van der Waals surface area contributed by atoms with E-state index in [0.717, 1.165) is 16.1 Å². The van der Waals surface area contributed by atoms with E-state index in [1.165, 1.54) is 34.1 Å². The lowest BCUT2D eigenvalue weighted by Gasteiger charge is -2.34. The van der Waals surface area contributed by atoms with Crippen LogP contribution < -0.4 is 9.62 Å². The average Bonchev–Trinajstić information content (AvgIpc) is 3.68. The third kappa shape index (κ3) is 5.17. The first-order chi connectivity index (χ1) is 20.8. The molecular weight excluding hydrogens is 646 g/mol. The molecule has 4 heterocycles. The monoisotopic (exact) mass is 675 g/mol. The molecule has 0 aliphatic carbocycles. The lowest BCUT2D eigenvalue weighted by atomic mass is 9.89. The summed E-state index contributed by atoms with van der Waals surface area (Å²) in [6.45, 7) is 2.29. The number of nitrogens with one attached hydrogen (secondary N) is 1. The van der Waals surface area contributed by atoms with Crippen LogP contribution in [-0.2, 0) is 20.0 Å². The van der Waals surface area contributed by atoms with E-state index in [9.17, 15) is 21.6 Å². The van der Waals surface area contributed by atoms with Gasteiger partial charge in [0, 0.05) is 55.8 Å². The SMILES string of the molecule is CNC(=O)c1c(-c2ccc(C)cc2)oc2cc(N(C)S(C)(=O)=O)c([C@@H]3CCCN(S(=O)(=O)c4c(Cl)nc5sccn45)C3)cc12. The first kappa shape index (κ1) is 30.6. The first-order valence-corrected chi connectivity index (χ1v) is 18.3. The maximum atomic E-state index is 13.9. The second-order valence-electron chi connectivity index (χ2n) is 10.9. The number of imidazole rings is 1. The number of hydrogen-bond acceptors (Lipinski definition) is 8. The van der Waals surface area contributed by atoms with Crippen molar-refractivity contribution in [3.05, 3.63) is 69.8 Å². The fourth-order valence-electron chi connectivity index (χ4n) is 5.69. The Morgan fingerprint density at radius 2 is 1.91 bits per heavy atom. The minimum absolute atomic E-state index is 0.0735. The molecule has 1 N–H and O–H groups in total. The van der Waals surface area contributed by atoms with Crippen molar-refractivity contribution in [1.29, 1.82) is 0 Å². The number of piperidine rings is 1. The lowest BCUT2D eigenvalue weighted by molar-refractivity contribution is 0.0964. The molecule has 1 aliphatic heterocycles. The van der Waals surface area contributed by atoms with Crippen LogP contribution >= 0.6 is 22.9 Å². The van der Waals surface area contributed by atoms with Gasteiger partial charge in [0.05, 0.1) is 17.5 Å². The number of fused-ring (bicyclic) bond motifs is 2. The second kappa shape index (κ2) is 11.2. The minimum Gasteiger partial charge on any atom is -0.455 e. The molecule has 3 aromatic heterocycles. The Morgan fingerprint density at radius 3 is 2.59 bits per heavy atom. The van der Waals surface area contributed by atoms with E-state index in [-0.39, 0.29) is 29.2 Å². The van der Waals surface area contributed by atoms with Crippen LogP contribution in [0.1, 0.15) is 40.2 Å². The number of nitrogens with zero attached hydrogens (tertiary/aromatic N) is 4. The number of sulfonamides is 2. The van der Waals surface area contributed by atoms with Gasteiger partial charge in [-0.2, -0.15) is 4.31 Å². The molecule has 15 heteroatoms. The van der Waals surface area contributed by atoms with Crippen LogP contribution in [0.25, 0.3) is 27.3 Å². The fourth-order valence-corrected chi connectivity index (χ4v) is 9.14. The number of carbonyl (C=O) groups excluding carboxylic acids is 1. The summed E-state index contributed by atoms with van der Waals surface area (Å²) in [5.41, 5.74) is 3.31. The van der Waals surface area contributed by atoms with E-state index in [4.69, 9.17) is 16.0 Å². The maximum Gasteiger partial charge on any atom is 0.262 e. The quantitative estimate of drug-likeness (QED) is 0.254. The highest BCUT2D eigenvalue weighted by molar-refractivity contribution is 7.92. The average molecular weight is 676 g/mol. The molecule has 6 rings (SSSR count). The number of furan rings is 1. The third-order valence-corrected chi connectivity index (χ3v) is 12.2. The molecule has 1 amide bonds. The molecule has 1 saturated heterocycles. The van der Waals surface area contributed by atoms with Gasteiger partial charge in [0.2, 0.25) is 10.0 Å². The molecule has 1 aliphatic rings. The predicted octanol–water partition coefficient (Wildman–Crippen LogP) is 5.09. The number of thiazole rings is 1. The maximum absolute atomic E-state index is 13.9. The van der Waals surface area contributed by atoms with Gasteiger partial charge in [-0.1, -0.05) is 41.4 Å². The zero-order valence-electron chi connectivity index (χ0n) is 24.4. The van der Waals surface area contributed by atoms with Gasteiger partial charge in [-0.15, -0.1) is 11.3 Å². The molecule has 2 aromatic carbocycles. The Hall–Kier alpha value is -3.43. The van der Waals surface area contributed by atoms with Gasteiger partial charge in [0.25, 0.3) is 15.9 Å². The van der Waals surface area contributed by atoms with E-state index in [0.29, 0.717) is 56.9 Å². The van der Waals surface area contributed by atoms with Gasteiger partial charge in [0.15, 0.2) is 15.1 Å². The number of amides is 1. The number of aryl methyl sites for hydroxylation is 1. The molecule has 0 radical (unpaired) electrons. The highest BCUT2D eigenvalue weighted by Crippen LogP contribution is 2.43. The molecule has 1 atom stereocenters. The Labute approximate surface area is 264 Å². The summed E-state index contributed by atoms with van der Waals surface area (Å²) in [5, 5.41) is 4.72. The van der Waals surface area contributed by atoms with E-state index in [1.807, 2.05) is 31.2 Å². The molecule has 11 nitrogen and oxygen atoms in total. The van der Waals surface area contributed by atoms with Crippen LogP contribution in [0.4, 0.5) is 5.69 Å². The first-order valence-electron chi connectivity index (χ1n) is 13.8. The molecule has 232 valence electrons. The number of hydrogen-bond donors (Lipinski definition) is 1. The van der Waals surface area contributed by atoms with Crippen LogP contribution in [0.3, 0.4) is 0 Å². The Kier molecular flexibility index (Phi) is 7.77. The van der Waals surface area contributed by atoms with Crippen molar-refractivity contribution in [2.45, 2.75) is 30.7 Å². The van der Waals surface area contributed by atoms with Gasteiger partial charge in [0.1, 0.15) is 11.3 Å². The van der Waals surface area contributed by atoms with Crippen molar-refractivity contribution in [2.75, 3.05) is 37.7 Å². The number of anilines is 1. The molecule has 0 saturated carbocycles. The van der Waals surface area contributed by atoms with Gasteiger partial charge in [-0.05, 0) is 37.3 Å². The Morgan fingerprint density at radius 1 is 1.18 bits per heavy atom. The van der Waals surface area contributed by atoms with Crippen LogP contribution in [-0.4, -0.2) is 69.9 Å². The van der Waals surface area contributed by atoms with Crippen LogP contribution in [0.2, 0.25) is 5.15 Å². The number of benzene rings is 2. The molecule has 5 aromatic rings. The van der Waals surface area contributed by atoms with Gasteiger partial charge >= 0.3 is 0 Å². The zero-order chi connectivity index (χ0) is 31.6. The molecule has 0 spiro atoms. The highest BCUT2D eigenvalue weighted by atomic mass is 35.5. The van der Waals surface area contributed by atoms with Crippen molar-refractivity contribution in [1.82, 2.24) is 19.0 Å². The minimum atomic E-state index is -4.06. The summed E-state index contributed by atoms with van der Waals surface area (Å²) in [4.78, 5) is 17.9. The smallest absolute Gasteiger partial charge is 0.262 e. The van der Waals surface area contributed by atoms with Crippen molar-refractivity contribution in [2.24, 2.45) is 0 Å². The van der Waals surface area contributed by atoms with Crippen molar-refractivity contribution in [3.8, 4) is 11.3 Å². The number of rotatable bonds is 7. The highest BCUT2D eigenvalue weighted by Gasteiger charge is 2.37. The topological polar surface area (TPSA) is 134 Å². The van der Waals surface area contributed by atoms with E-state index in [1.54, 1.807) is 23.7 Å². The predicted molar refractivity (Wildman–Crippen MR) is 172 cm³/mol. The van der Waals surface area contributed by atoms with E-state index < -0.39 is 26.0 Å². The largest absolute Gasteiger partial charge is 0.455 e. The summed E-state index contributed by atoms with van der Waals surface area (Å²) in [7, 11) is -4.80. The number of halogens is 1. The van der Waals surface area contributed by atoms with Crippen molar-refractivity contribution < 1.29 is 26.0 Å². The summed E-state index contributed by atoms with van der Waals surface area (Å²) in [5.74, 6) is -0.410. The summed E-state index contributed by atoms with van der Waals surface area (Å²) in [6.07, 6.45) is 3.83. The molecular formula is C29H30ClN5O6S3. The molecule has 0 unspecified atom stereocenters. The van der Waals surface area contributed by atoms with Crippen LogP contribution in [0.15, 0.2) is 57.4 Å². The summed E-state index contributed by atoms with van der Waals surface area (Å²) in [6, 6.07) is 10.9. The van der Waals surface area contributed by atoms with Gasteiger partial charge < -0.3 is 9.73 Å². The standard InChI is InChI=1S/C29H30ClN5O6S3/c1-17-7-9-18(10-8-17)25-24(27(36)31-2)21-14-20(22(15-23(21)41-25)33(3)43(4,37)38)19-6-5-11-34(16-19)44(39,40)28-26(30)32-29-35(28)12-13-42-29/h7-10,12-15,19H,5-6,11,16H2,1-4H3,(H,31,36)/t19-/m1/s1. The number of aromatic nitrogens is 2. The normalized spacial score (nSPS) is 16.5. The zero-order valence-corrected chi connectivity index (χ0v) is 27.6. The molecule has 0 bridgehead atoms. The third-order valence-electron chi connectivity index (χ3n) is 8.03. The van der Waals surface area contributed by atoms with Gasteiger partial charge in [-0.3, -0.25) is 13.5 Å². The van der Waals surface area contributed by atoms with Gasteiger partial charge in [-0.25, -0.2) is 21.8 Å². The molecule has 1 fully saturated rings. The van der Waals surface area contributed by atoms with Crippen molar-refractivity contribution >= 4 is 70.5 Å². The summed E-state index contributed by atoms with van der Waals surface area (Å²) < 4.78 is 63.7. The Bertz CT molecular complexity index is 2130. The van der Waals surface area contributed by atoms with Crippen molar-refractivity contribution in [3.63, 3.8) is 0 Å². The summed E-state index contributed by atoms with van der Waals surface area (Å²) >= 11 is 7.60. The number of carbonyl (C=O) groups is 1. The van der Waals surface area contributed by atoms with Crippen LogP contribution in [0, 0.1) is 6.92 Å². The Balaban J connectivity index is 1.51. The lowest BCUT2D eigenvalue weighted by Crippen LogP contribution is -2.40.